The SMILES string of the molecule is CCOc1cccc([C@H]2C3=CC[C@@H]4C(=O)N(c5ccc(Cl)cc5)C(=O)[C@@H]4[C@@H]3CC3=C2C(=O)C=C(Br)C3=O)c1O. The Hall–Kier alpha value is -3.49. The number of fused-ring (bicyclic) bond motifs is 3. The van der Waals surface area contributed by atoms with Gasteiger partial charge in [0.15, 0.2) is 23.1 Å². The molecule has 1 saturated heterocycles. The number of phenolic OH excluding ortho intramolecular Hbond substituents is 1. The largest absolute Gasteiger partial charge is 0.504 e. The standard InChI is InChI=1S/C30H23BrClNO6/c1-2-39-23-5-3-4-17(28(23)36)24-16-10-11-18-25(19(16)12-20-26(24)22(34)13-21(31)27(20)35)30(38)33(29(18)37)15-8-6-14(32)7-9-15/h3-10,13,18-19,24-25,36H,2,11-12H2,1H3/t18-,19+,24+,25-/m0/s1. The van der Waals surface area contributed by atoms with Crippen LogP contribution in [-0.2, 0) is 19.2 Å². The summed E-state index contributed by atoms with van der Waals surface area (Å²) in [7, 11) is 0. The molecule has 7 nitrogen and oxygen atoms in total. The van der Waals surface area contributed by atoms with Gasteiger partial charge in [-0.05, 0) is 71.9 Å². The first-order valence-electron chi connectivity index (χ1n) is 12.7. The predicted molar refractivity (Wildman–Crippen MR) is 148 cm³/mol. The fourth-order valence-corrected chi connectivity index (χ4v) is 7.02. The number of ether oxygens (including phenoxy) is 1. The van der Waals surface area contributed by atoms with Crippen LogP contribution < -0.4 is 9.64 Å². The summed E-state index contributed by atoms with van der Waals surface area (Å²) in [6.07, 6.45) is 3.62. The molecule has 4 atom stereocenters. The van der Waals surface area contributed by atoms with Crippen molar-refractivity contribution in [2.45, 2.75) is 25.7 Å². The second-order valence-electron chi connectivity index (χ2n) is 10.0. The van der Waals surface area contributed by atoms with Gasteiger partial charge in [0.05, 0.1) is 28.6 Å². The number of allylic oxidation sites excluding steroid dienone is 6. The Morgan fingerprint density at radius 3 is 2.51 bits per heavy atom. The average Bonchev–Trinajstić information content (AvgIpc) is 3.18. The maximum absolute atomic E-state index is 13.9. The predicted octanol–water partition coefficient (Wildman–Crippen LogP) is 5.41. The Balaban J connectivity index is 1.50. The molecule has 4 aliphatic rings. The number of phenols is 1. The summed E-state index contributed by atoms with van der Waals surface area (Å²) >= 11 is 9.25. The van der Waals surface area contributed by atoms with Crippen LogP contribution in [0.2, 0.25) is 5.02 Å². The number of amides is 2. The lowest BCUT2D eigenvalue weighted by Crippen LogP contribution is -2.39. The van der Waals surface area contributed by atoms with Crippen LogP contribution in [0.3, 0.4) is 0 Å². The zero-order chi connectivity index (χ0) is 27.6. The van der Waals surface area contributed by atoms with Gasteiger partial charge >= 0.3 is 0 Å². The van der Waals surface area contributed by atoms with Crippen molar-refractivity contribution in [2.75, 3.05) is 11.5 Å². The highest BCUT2D eigenvalue weighted by Crippen LogP contribution is 2.57. The second-order valence-corrected chi connectivity index (χ2v) is 11.3. The number of Topliss-reactive ketones (excluding diaryl/α,β-unsaturated/α-hetero) is 1. The summed E-state index contributed by atoms with van der Waals surface area (Å²) in [6.45, 7) is 2.13. The first-order chi connectivity index (χ1) is 18.7. The van der Waals surface area contributed by atoms with Gasteiger partial charge in [-0.3, -0.25) is 24.1 Å². The summed E-state index contributed by atoms with van der Waals surface area (Å²) in [5.41, 5.74) is 2.20. The smallest absolute Gasteiger partial charge is 0.238 e. The highest BCUT2D eigenvalue weighted by atomic mass is 79.9. The van der Waals surface area contributed by atoms with E-state index in [4.69, 9.17) is 16.3 Å². The molecule has 1 heterocycles. The normalized spacial score (nSPS) is 26.2. The average molecular weight is 609 g/mol. The van der Waals surface area contributed by atoms with E-state index in [1.165, 1.54) is 11.0 Å². The van der Waals surface area contributed by atoms with E-state index >= 15 is 0 Å². The zero-order valence-electron chi connectivity index (χ0n) is 20.8. The lowest BCUT2D eigenvalue weighted by atomic mass is 9.59. The first-order valence-corrected chi connectivity index (χ1v) is 13.9. The summed E-state index contributed by atoms with van der Waals surface area (Å²) in [6, 6.07) is 11.6. The fraction of sp³-hybridized carbons (Fsp3) is 0.267. The molecule has 198 valence electrons. The molecule has 0 radical (unpaired) electrons. The van der Waals surface area contributed by atoms with E-state index < -0.39 is 23.7 Å². The molecule has 0 spiro atoms. The lowest BCUT2D eigenvalue weighted by molar-refractivity contribution is -0.123. The molecule has 39 heavy (non-hydrogen) atoms. The van der Waals surface area contributed by atoms with Crippen LogP contribution in [0.5, 0.6) is 11.5 Å². The molecule has 1 aliphatic heterocycles. The van der Waals surface area contributed by atoms with Gasteiger partial charge in [0.25, 0.3) is 0 Å². The number of imide groups is 1. The second kappa shape index (κ2) is 9.61. The van der Waals surface area contributed by atoms with Crippen LogP contribution in [0.1, 0.15) is 31.2 Å². The van der Waals surface area contributed by atoms with Gasteiger partial charge in [-0.15, -0.1) is 0 Å². The minimum Gasteiger partial charge on any atom is -0.504 e. The number of halogens is 2. The number of carbonyl (C=O) groups excluding carboxylic acids is 4. The van der Waals surface area contributed by atoms with Gasteiger partial charge in [0.1, 0.15) is 0 Å². The van der Waals surface area contributed by atoms with Crippen LogP contribution in [0.4, 0.5) is 5.69 Å². The van der Waals surface area contributed by atoms with Crippen molar-refractivity contribution < 1.29 is 29.0 Å². The summed E-state index contributed by atoms with van der Waals surface area (Å²) in [5.74, 6) is -3.74. The number of para-hydroxylation sites is 1. The third-order valence-electron chi connectivity index (χ3n) is 8.06. The molecule has 1 N–H and O–H groups in total. The highest BCUT2D eigenvalue weighted by Gasteiger charge is 2.57. The monoisotopic (exact) mass is 607 g/mol. The van der Waals surface area contributed by atoms with E-state index in [0.29, 0.717) is 40.4 Å². The summed E-state index contributed by atoms with van der Waals surface area (Å²) in [5, 5.41) is 11.7. The third-order valence-corrected chi connectivity index (χ3v) is 8.90. The van der Waals surface area contributed by atoms with Crippen molar-refractivity contribution in [3.8, 4) is 11.5 Å². The van der Waals surface area contributed by atoms with Crippen molar-refractivity contribution in [3.05, 3.63) is 86.4 Å². The molecule has 0 aromatic heterocycles. The van der Waals surface area contributed by atoms with Gasteiger partial charge in [0.2, 0.25) is 11.8 Å². The number of nitrogens with zero attached hydrogens (tertiary/aromatic N) is 1. The number of hydrogen-bond donors (Lipinski definition) is 1. The lowest BCUT2D eigenvalue weighted by Gasteiger charge is -2.42. The number of aromatic hydroxyl groups is 1. The molecular weight excluding hydrogens is 586 g/mol. The maximum Gasteiger partial charge on any atom is 0.238 e. The Morgan fingerprint density at radius 2 is 1.79 bits per heavy atom. The fourth-order valence-electron chi connectivity index (χ4n) is 6.45. The minimum absolute atomic E-state index is 0.120. The third kappa shape index (κ3) is 3.92. The Morgan fingerprint density at radius 1 is 1.05 bits per heavy atom. The number of hydrogen-bond acceptors (Lipinski definition) is 6. The van der Waals surface area contributed by atoms with Crippen LogP contribution >= 0.6 is 27.5 Å². The number of carbonyl (C=O) groups is 4. The van der Waals surface area contributed by atoms with Crippen molar-refractivity contribution in [2.24, 2.45) is 17.8 Å². The van der Waals surface area contributed by atoms with Crippen LogP contribution in [0.25, 0.3) is 0 Å². The topological polar surface area (TPSA) is 101 Å². The number of anilines is 1. The number of benzene rings is 2. The Labute approximate surface area is 237 Å². The summed E-state index contributed by atoms with van der Waals surface area (Å²) in [4.78, 5) is 55.4. The van der Waals surface area contributed by atoms with Crippen molar-refractivity contribution in [1.82, 2.24) is 0 Å². The maximum atomic E-state index is 13.9. The van der Waals surface area contributed by atoms with E-state index in [2.05, 4.69) is 15.9 Å². The van der Waals surface area contributed by atoms with Crippen LogP contribution in [-0.4, -0.2) is 35.1 Å². The molecule has 0 saturated carbocycles. The van der Waals surface area contributed by atoms with E-state index in [-0.39, 0.29) is 45.8 Å². The zero-order valence-corrected chi connectivity index (χ0v) is 23.2. The molecular formula is C30H23BrClNO6. The van der Waals surface area contributed by atoms with E-state index in [1.807, 2.05) is 6.08 Å². The van der Waals surface area contributed by atoms with Gasteiger partial charge in [-0.2, -0.15) is 0 Å². The first kappa shape index (κ1) is 25.8. The van der Waals surface area contributed by atoms with Crippen LogP contribution in [0, 0.1) is 17.8 Å². The number of rotatable bonds is 4. The van der Waals surface area contributed by atoms with E-state index in [0.717, 1.165) is 5.57 Å². The van der Waals surface area contributed by atoms with Gasteiger partial charge in [-0.25, -0.2) is 0 Å². The quantitative estimate of drug-likeness (QED) is 0.283. The van der Waals surface area contributed by atoms with E-state index in [1.54, 1.807) is 49.4 Å². The van der Waals surface area contributed by atoms with Crippen molar-refractivity contribution >= 4 is 56.6 Å². The Kier molecular flexibility index (Phi) is 6.35. The van der Waals surface area contributed by atoms with Crippen LogP contribution in [0.15, 0.2) is 75.8 Å². The molecule has 2 amide bonds. The molecule has 6 rings (SSSR count). The van der Waals surface area contributed by atoms with Gasteiger partial charge in [-0.1, -0.05) is 35.4 Å². The number of ketones is 2. The minimum atomic E-state index is -0.763. The molecule has 2 aromatic rings. The molecule has 3 aliphatic carbocycles. The summed E-state index contributed by atoms with van der Waals surface area (Å²) < 4.78 is 5.75. The molecule has 0 bridgehead atoms. The molecule has 9 heteroatoms. The van der Waals surface area contributed by atoms with Gasteiger partial charge in [0, 0.05) is 33.7 Å². The van der Waals surface area contributed by atoms with Crippen molar-refractivity contribution in [1.29, 1.82) is 0 Å². The van der Waals surface area contributed by atoms with Crippen molar-refractivity contribution in [3.63, 3.8) is 0 Å². The molecule has 1 fully saturated rings. The van der Waals surface area contributed by atoms with E-state index in [9.17, 15) is 24.3 Å². The molecule has 0 unspecified atom stereocenters. The molecule has 2 aromatic carbocycles. The highest BCUT2D eigenvalue weighted by molar-refractivity contribution is 9.12. The van der Waals surface area contributed by atoms with Gasteiger partial charge < -0.3 is 9.84 Å². The Bertz CT molecular complexity index is 1560.